The van der Waals surface area contributed by atoms with E-state index in [2.05, 4.69) is 61.6 Å². The fraction of sp³-hybridized carbons (Fsp3) is 0.381. The van der Waals surface area contributed by atoms with E-state index in [0.29, 0.717) is 5.75 Å². The second kappa shape index (κ2) is 7.89. The molecule has 1 atom stereocenters. The summed E-state index contributed by atoms with van der Waals surface area (Å²) in [6, 6.07) is 15.3. The summed E-state index contributed by atoms with van der Waals surface area (Å²) >= 11 is 1.69. The molecule has 1 N–H and O–H groups in total. The molecule has 1 aliphatic rings. The van der Waals surface area contributed by atoms with E-state index in [4.69, 9.17) is 0 Å². The van der Waals surface area contributed by atoms with Gasteiger partial charge in [-0.1, -0.05) is 53.6 Å². The third-order valence-electron chi connectivity index (χ3n) is 4.49. The number of thioether (sulfide) groups is 1. The summed E-state index contributed by atoms with van der Waals surface area (Å²) in [6.45, 7) is 4.24. The van der Waals surface area contributed by atoms with E-state index in [1.165, 1.54) is 27.8 Å². The Kier molecular flexibility index (Phi) is 5.62. The monoisotopic (exact) mass is 339 g/mol. The zero-order chi connectivity index (χ0) is 16.9. The molecule has 1 amide bonds. The Labute approximate surface area is 149 Å². The minimum atomic E-state index is 0.145. The van der Waals surface area contributed by atoms with Crippen LogP contribution in [0.2, 0.25) is 0 Å². The van der Waals surface area contributed by atoms with E-state index in [1.807, 2.05) is 0 Å². The van der Waals surface area contributed by atoms with Gasteiger partial charge in [-0.2, -0.15) is 0 Å². The molecule has 0 fully saturated rings. The first-order valence-corrected chi connectivity index (χ1v) is 9.79. The maximum absolute atomic E-state index is 12.3. The van der Waals surface area contributed by atoms with Crippen LogP contribution in [0.4, 0.5) is 0 Å². The highest BCUT2D eigenvalue weighted by atomic mass is 32.2. The SMILES string of the molecule is Cc1cc(C)cc(CSCC(=O)N[C@H]2CCCc3ccccc32)c1. The lowest BCUT2D eigenvalue weighted by atomic mass is 9.88. The standard InChI is InChI=1S/C21H25NOS/c1-15-10-16(2)12-17(11-15)13-24-14-21(23)22-20-9-5-7-18-6-3-4-8-19(18)20/h3-4,6,8,10-12,20H,5,7,9,13-14H2,1-2H3,(H,22,23)/t20-/m0/s1. The van der Waals surface area contributed by atoms with Gasteiger partial charge in [-0.05, 0) is 49.8 Å². The first kappa shape index (κ1) is 17.1. The van der Waals surface area contributed by atoms with Crippen molar-refractivity contribution in [3.05, 3.63) is 70.3 Å². The van der Waals surface area contributed by atoms with E-state index < -0.39 is 0 Å². The summed E-state index contributed by atoms with van der Waals surface area (Å²) in [5, 5.41) is 3.22. The van der Waals surface area contributed by atoms with Gasteiger partial charge in [0.25, 0.3) is 0 Å². The van der Waals surface area contributed by atoms with Gasteiger partial charge in [0.05, 0.1) is 11.8 Å². The Morgan fingerprint density at radius 2 is 1.92 bits per heavy atom. The minimum Gasteiger partial charge on any atom is -0.349 e. The normalized spacial score (nSPS) is 16.5. The zero-order valence-corrected chi connectivity index (χ0v) is 15.3. The van der Waals surface area contributed by atoms with Crippen molar-refractivity contribution in [2.45, 2.75) is 44.9 Å². The molecule has 0 heterocycles. The number of benzene rings is 2. The lowest BCUT2D eigenvalue weighted by Gasteiger charge is -2.26. The van der Waals surface area contributed by atoms with E-state index in [-0.39, 0.29) is 11.9 Å². The third kappa shape index (κ3) is 4.41. The topological polar surface area (TPSA) is 29.1 Å². The summed E-state index contributed by atoms with van der Waals surface area (Å²) in [5.41, 5.74) is 6.56. The second-order valence-electron chi connectivity index (χ2n) is 6.70. The second-order valence-corrected chi connectivity index (χ2v) is 7.69. The highest BCUT2D eigenvalue weighted by Gasteiger charge is 2.21. The van der Waals surface area contributed by atoms with Crippen LogP contribution >= 0.6 is 11.8 Å². The number of hydrogen-bond acceptors (Lipinski definition) is 2. The average Bonchev–Trinajstić information content (AvgIpc) is 2.54. The van der Waals surface area contributed by atoms with Crippen molar-refractivity contribution in [3.63, 3.8) is 0 Å². The van der Waals surface area contributed by atoms with Gasteiger partial charge in [-0.3, -0.25) is 4.79 Å². The lowest BCUT2D eigenvalue weighted by Crippen LogP contribution is -2.32. The van der Waals surface area contributed by atoms with Crippen LogP contribution in [0.5, 0.6) is 0 Å². The molecule has 24 heavy (non-hydrogen) atoms. The molecule has 0 saturated heterocycles. The van der Waals surface area contributed by atoms with Gasteiger partial charge in [-0.15, -0.1) is 11.8 Å². The van der Waals surface area contributed by atoms with Crippen LogP contribution in [-0.2, 0) is 17.0 Å². The molecule has 0 spiro atoms. The van der Waals surface area contributed by atoms with E-state index >= 15 is 0 Å². The quantitative estimate of drug-likeness (QED) is 0.853. The molecule has 0 saturated carbocycles. The number of rotatable bonds is 5. The number of aryl methyl sites for hydroxylation is 3. The van der Waals surface area contributed by atoms with E-state index in [9.17, 15) is 4.79 Å². The van der Waals surface area contributed by atoms with Gasteiger partial charge in [0.1, 0.15) is 0 Å². The lowest BCUT2D eigenvalue weighted by molar-refractivity contribution is -0.119. The fourth-order valence-electron chi connectivity index (χ4n) is 3.55. The molecule has 0 unspecified atom stereocenters. The van der Waals surface area contributed by atoms with Gasteiger partial charge >= 0.3 is 0 Å². The predicted molar refractivity (Wildman–Crippen MR) is 102 cm³/mol. The van der Waals surface area contributed by atoms with Crippen molar-refractivity contribution in [1.82, 2.24) is 5.32 Å². The summed E-state index contributed by atoms with van der Waals surface area (Å²) in [5.74, 6) is 1.55. The number of hydrogen-bond donors (Lipinski definition) is 1. The maximum Gasteiger partial charge on any atom is 0.230 e. The van der Waals surface area contributed by atoms with Crippen LogP contribution in [-0.4, -0.2) is 11.7 Å². The summed E-state index contributed by atoms with van der Waals surface area (Å²) in [4.78, 5) is 12.3. The highest BCUT2D eigenvalue weighted by Crippen LogP contribution is 2.29. The van der Waals surface area contributed by atoms with Gasteiger partial charge in [-0.25, -0.2) is 0 Å². The van der Waals surface area contributed by atoms with E-state index in [0.717, 1.165) is 25.0 Å². The van der Waals surface area contributed by atoms with Crippen LogP contribution in [0.25, 0.3) is 0 Å². The largest absolute Gasteiger partial charge is 0.349 e. The highest BCUT2D eigenvalue weighted by molar-refractivity contribution is 7.99. The molecule has 126 valence electrons. The number of carbonyl (C=O) groups excluding carboxylic acids is 1. The van der Waals surface area contributed by atoms with Crippen LogP contribution in [0.1, 0.15) is 46.7 Å². The first-order valence-electron chi connectivity index (χ1n) is 8.64. The molecular weight excluding hydrogens is 314 g/mol. The molecule has 0 aliphatic heterocycles. The fourth-order valence-corrected chi connectivity index (χ4v) is 4.33. The number of fused-ring (bicyclic) bond motifs is 1. The Bertz CT molecular complexity index is 705. The summed E-state index contributed by atoms with van der Waals surface area (Å²) in [7, 11) is 0. The summed E-state index contributed by atoms with van der Waals surface area (Å²) in [6.07, 6.45) is 3.33. The van der Waals surface area contributed by atoms with Gasteiger partial charge in [0.2, 0.25) is 5.91 Å². The molecule has 0 aromatic heterocycles. The molecule has 0 radical (unpaired) electrons. The summed E-state index contributed by atoms with van der Waals surface area (Å²) < 4.78 is 0. The molecule has 0 bridgehead atoms. The first-order chi connectivity index (χ1) is 11.6. The predicted octanol–water partition coefficient (Wildman–Crippen LogP) is 4.73. The maximum atomic E-state index is 12.3. The smallest absolute Gasteiger partial charge is 0.230 e. The van der Waals surface area contributed by atoms with Crippen LogP contribution in [0.15, 0.2) is 42.5 Å². The zero-order valence-electron chi connectivity index (χ0n) is 14.5. The molecule has 2 aromatic carbocycles. The van der Waals surface area contributed by atoms with Gasteiger partial charge in [0.15, 0.2) is 0 Å². The van der Waals surface area contributed by atoms with Gasteiger partial charge < -0.3 is 5.32 Å². The number of nitrogens with one attached hydrogen (secondary N) is 1. The Morgan fingerprint density at radius 3 is 2.71 bits per heavy atom. The van der Waals surface area contributed by atoms with Gasteiger partial charge in [0, 0.05) is 5.75 Å². The van der Waals surface area contributed by atoms with Crippen molar-refractivity contribution < 1.29 is 4.79 Å². The third-order valence-corrected chi connectivity index (χ3v) is 5.49. The van der Waals surface area contributed by atoms with Crippen LogP contribution < -0.4 is 5.32 Å². The average molecular weight is 340 g/mol. The van der Waals surface area contributed by atoms with Crippen molar-refractivity contribution >= 4 is 17.7 Å². The van der Waals surface area contributed by atoms with Crippen molar-refractivity contribution in [3.8, 4) is 0 Å². The molecule has 3 heteroatoms. The minimum absolute atomic E-state index is 0.145. The molecule has 2 nitrogen and oxygen atoms in total. The Morgan fingerprint density at radius 1 is 1.17 bits per heavy atom. The number of carbonyl (C=O) groups is 1. The molecule has 1 aliphatic carbocycles. The van der Waals surface area contributed by atoms with Crippen molar-refractivity contribution in [2.75, 3.05) is 5.75 Å². The Balaban J connectivity index is 1.51. The van der Waals surface area contributed by atoms with Crippen LogP contribution in [0.3, 0.4) is 0 Å². The Hall–Kier alpha value is -1.74. The van der Waals surface area contributed by atoms with Crippen molar-refractivity contribution in [2.24, 2.45) is 0 Å². The van der Waals surface area contributed by atoms with E-state index in [1.54, 1.807) is 11.8 Å². The molecular formula is C21H25NOS. The number of amides is 1. The molecule has 3 rings (SSSR count). The molecule has 2 aromatic rings. The van der Waals surface area contributed by atoms with Crippen molar-refractivity contribution in [1.29, 1.82) is 0 Å². The van der Waals surface area contributed by atoms with Crippen LogP contribution in [0, 0.1) is 13.8 Å².